The molecule has 0 saturated heterocycles. The fourth-order valence-corrected chi connectivity index (χ4v) is 5.04. The van der Waals surface area contributed by atoms with Gasteiger partial charge in [0.05, 0.1) is 0 Å². The number of hydrogen-bond acceptors (Lipinski definition) is 2. The minimum absolute atomic E-state index is 0.725. The second kappa shape index (κ2) is 5.15. The largest absolute Gasteiger partial charge is 0.471 e. The van der Waals surface area contributed by atoms with Crippen molar-refractivity contribution in [3.63, 3.8) is 0 Å². The summed E-state index contributed by atoms with van der Waals surface area (Å²) in [5.74, 6) is 0.870. The Morgan fingerprint density at radius 3 is 2.03 bits per heavy atom. The lowest BCUT2D eigenvalue weighted by molar-refractivity contribution is 0.151. The van der Waals surface area contributed by atoms with Gasteiger partial charge in [-0.15, -0.1) is 0 Å². The van der Waals surface area contributed by atoms with E-state index in [0.717, 1.165) is 28.3 Å². The fourth-order valence-electron chi connectivity index (χ4n) is 5.04. The SMILES string of the molecule is c1ccc2c(c1)OC1(c3ccccc3-c3ccccc31)c1c-2nc2ccccn12. The van der Waals surface area contributed by atoms with Crippen molar-refractivity contribution in [3.8, 4) is 28.1 Å². The average molecular weight is 372 g/mol. The molecule has 7 rings (SSSR count). The van der Waals surface area contributed by atoms with Crippen molar-refractivity contribution in [2.24, 2.45) is 0 Å². The van der Waals surface area contributed by atoms with Crippen molar-refractivity contribution in [1.29, 1.82) is 0 Å². The predicted octanol–water partition coefficient (Wildman–Crippen LogP) is 5.67. The highest BCUT2D eigenvalue weighted by atomic mass is 16.5. The molecule has 136 valence electrons. The first-order chi connectivity index (χ1) is 14.4. The maximum Gasteiger partial charge on any atom is 0.203 e. The Hall–Kier alpha value is -3.85. The second-order valence-corrected chi connectivity index (χ2v) is 7.61. The molecule has 1 aliphatic carbocycles. The molecule has 3 nitrogen and oxygen atoms in total. The normalized spacial score (nSPS) is 14.8. The van der Waals surface area contributed by atoms with Crippen LogP contribution in [0.3, 0.4) is 0 Å². The first-order valence-electron chi connectivity index (χ1n) is 9.83. The van der Waals surface area contributed by atoms with E-state index in [-0.39, 0.29) is 0 Å². The predicted molar refractivity (Wildman–Crippen MR) is 113 cm³/mol. The van der Waals surface area contributed by atoms with Crippen LogP contribution in [0.4, 0.5) is 0 Å². The zero-order valence-corrected chi connectivity index (χ0v) is 15.5. The Bertz CT molecular complexity index is 1400. The molecule has 0 N–H and O–H groups in total. The van der Waals surface area contributed by atoms with Crippen LogP contribution in [0.2, 0.25) is 0 Å². The maximum absolute atomic E-state index is 6.97. The lowest BCUT2D eigenvalue weighted by Crippen LogP contribution is -2.38. The van der Waals surface area contributed by atoms with Gasteiger partial charge >= 0.3 is 0 Å². The summed E-state index contributed by atoms with van der Waals surface area (Å²) < 4.78 is 9.15. The molecular formula is C26H16N2O. The number of para-hydroxylation sites is 1. The molecule has 1 aliphatic heterocycles. The Morgan fingerprint density at radius 2 is 1.28 bits per heavy atom. The van der Waals surface area contributed by atoms with Crippen LogP contribution >= 0.6 is 0 Å². The lowest BCUT2D eigenvalue weighted by atomic mass is 9.83. The molecule has 0 atom stereocenters. The molecule has 2 aliphatic rings. The number of ether oxygens (including phenoxy) is 1. The molecule has 3 heterocycles. The third-order valence-electron chi connectivity index (χ3n) is 6.17. The summed E-state index contributed by atoms with van der Waals surface area (Å²) in [6.45, 7) is 0. The molecule has 0 bridgehead atoms. The molecule has 0 radical (unpaired) electrons. The smallest absolute Gasteiger partial charge is 0.203 e. The topological polar surface area (TPSA) is 26.5 Å². The fraction of sp³-hybridized carbons (Fsp3) is 0.0385. The van der Waals surface area contributed by atoms with Crippen molar-refractivity contribution in [1.82, 2.24) is 9.38 Å². The first kappa shape index (κ1) is 15.1. The summed E-state index contributed by atoms with van der Waals surface area (Å²) in [4.78, 5) is 5.04. The van der Waals surface area contributed by atoms with Crippen molar-refractivity contribution >= 4 is 5.65 Å². The van der Waals surface area contributed by atoms with E-state index in [4.69, 9.17) is 9.72 Å². The standard InChI is InChI=1S/C26H16N2O/c1-4-12-20-17(9-1)18-10-2-5-13-21(18)26(20)25-24(19-11-3-6-14-22(19)29-26)27-23-15-7-8-16-28(23)25/h1-16H. The van der Waals surface area contributed by atoms with Gasteiger partial charge < -0.3 is 4.74 Å². The van der Waals surface area contributed by atoms with Crippen LogP contribution in [0.25, 0.3) is 28.0 Å². The number of pyridine rings is 1. The molecule has 2 aromatic heterocycles. The average Bonchev–Trinajstić information content (AvgIpc) is 3.30. The Morgan fingerprint density at radius 1 is 0.655 bits per heavy atom. The van der Waals surface area contributed by atoms with E-state index in [0.29, 0.717) is 0 Å². The zero-order chi connectivity index (χ0) is 19.0. The van der Waals surface area contributed by atoms with Crippen molar-refractivity contribution in [2.45, 2.75) is 5.60 Å². The second-order valence-electron chi connectivity index (χ2n) is 7.61. The van der Waals surface area contributed by atoms with Gasteiger partial charge in [-0.2, -0.15) is 0 Å². The number of rotatable bonds is 0. The Labute approximate surface area is 167 Å². The summed E-state index contributed by atoms with van der Waals surface area (Å²) in [6, 6.07) is 31.5. The van der Waals surface area contributed by atoms with Crippen LogP contribution in [0.1, 0.15) is 16.8 Å². The first-order valence-corrected chi connectivity index (χ1v) is 9.83. The number of hydrogen-bond donors (Lipinski definition) is 0. The van der Waals surface area contributed by atoms with E-state index in [1.807, 2.05) is 24.3 Å². The van der Waals surface area contributed by atoms with Gasteiger partial charge in [-0.25, -0.2) is 4.98 Å². The summed E-state index contributed by atoms with van der Waals surface area (Å²) in [6.07, 6.45) is 2.09. The molecular weight excluding hydrogens is 356 g/mol. The van der Waals surface area contributed by atoms with Gasteiger partial charge in [0.1, 0.15) is 22.8 Å². The molecule has 0 amide bonds. The third-order valence-corrected chi connectivity index (χ3v) is 6.17. The summed E-state index contributed by atoms with van der Waals surface area (Å²) >= 11 is 0. The quantitative estimate of drug-likeness (QED) is 0.350. The molecule has 1 spiro atoms. The highest BCUT2D eigenvalue weighted by molar-refractivity contribution is 5.87. The summed E-state index contributed by atoms with van der Waals surface area (Å²) in [5, 5.41) is 0. The van der Waals surface area contributed by atoms with Gasteiger partial charge in [0.2, 0.25) is 5.60 Å². The van der Waals surface area contributed by atoms with E-state index in [9.17, 15) is 0 Å². The van der Waals surface area contributed by atoms with Crippen LogP contribution in [0.5, 0.6) is 5.75 Å². The highest BCUT2D eigenvalue weighted by Gasteiger charge is 2.53. The molecule has 3 heteroatoms. The molecule has 3 aromatic carbocycles. The van der Waals surface area contributed by atoms with Gasteiger partial charge in [0.25, 0.3) is 0 Å². The van der Waals surface area contributed by atoms with Gasteiger partial charge in [-0.3, -0.25) is 4.40 Å². The molecule has 0 saturated carbocycles. The van der Waals surface area contributed by atoms with Crippen LogP contribution in [-0.2, 0) is 5.60 Å². The summed E-state index contributed by atoms with van der Waals surface area (Å²) in [5.41, 5.74) is 8.09. The molecule has 0 unspecified atom stereocenters. The van der Waals surface area contributed by atoms with E-state index in [2.05, 4.69) is 77.3 Å². The minimum Gasteiger partial charge on any atom is -0.471 e. The Kier molecular flexibility index (Phi) is 2.68. The number of benzene rings is 3. The summed E-state index contributed by atoms with van der Waals surface area (Å²) in [7, 11) is 0. The minimum atomic E-state index is -0.725. The maximum atomic E-state index is 6.97. The van der Waals surface area contributed by atoms with Crippen molar-refractivity contribution in [3.05, 3.63) is 114 Å². The van der Waals surface area contributed by atoms with Crippen LogP contribution in [-0.4, -0.2) is 9.38 Å². The molecule has 0 fully saturated rings. The Balaban J connectivity index is 1.72. The molecule has 5 aromatic rings. The highest BCUT2D eigenvalue weighted by Crippen LogP contribution is 2.58. The number of aromatic nitrogens is 2. The zero-order valence-electron chi connectivity index (χ0n) is 15.5. The van der Waals surface area contributed by atoms with E-state index in [1.165, 1.54) is 22.3 Å². The van der Waals surface area contributed by atoms with Gasteiger partial charge in [0, 0.05) is 22.9 Å². The number of imidazole rings is 1. The number of nitrogens with zero attached hydrogens (tertiary/aromatic N) is 2. The van der Waals surface area contributed by atoms with Gasteiger partial charge in [0.15, 0.2) is 0 Å². The van der Waals surface area contributed by atoms with Crippen molar-refractivity contribution < 1.29 is 4.74 Å². The lowest BCUT2D eigenvalue weighted by Gasteiger charge is -2.37. The third kappa shape index (κ3) is 1.71. The van der Waals surface area contributed by atoms with Crippen molar-refractivity contribution in [2.75, 3.05) is 0 Å². The van der Waals surface area contributed by atoms with E-state index in [1.54, 1.807) is 0 Å². The van der Waals surface area contributed by atoms with E-state index < -0.39 is 5.60 Å². The van der Waals surface area contributed by atoms with Gasteiger partial charge in [-0.05, 0) is 35.4 Å². The van der Waals surface area contributed by atoms with Crippen LogP contribution < -0.4 is 4.74 Å². The molecule has 29 heavy (non-hydrogen) atoms. The van der Waals surface area contributed by atoms with Crippen LogP contribution in [0.15, 0.2) is 97.2 Å². The van der Waals surface area contributed by atoms with Crippen LogP contribution in [0, 0.1) is 0 Å². The number of fused-ring (bicyclic) bond motifs is 11. The monoisotopic (exact) mass is 372 g/mol. The van der Waals surface area contributed by atoms with Gasteiger partial charge in [-0.1, -0.05) is 66.7 Å². The van der Waals surface area contributed by atoms with E-state index >= 15 is 0 Å².